The Hall–Kier alpha value is -4.24. The molecular formula is C31H23NO2. The normalized spacial score (nSPS) is 12.7. The molecule has 1 aliphatic heterocycles. The SMILES string of the molecule is O=Cc1c(-c2ccc3c(c2)CCCO3)nc(-c2ccc(-c3ccccc3)cc2)c2ccccc12. The molecular weight excluding hydrogens is 418 g/mol. The molecule has 2 heterocycles. The molecule has 6 rings (SSSR count). The zero-order chi connectivity index (χ0) is 22.9. The maximum atomic E-state index is 12.3. The van der Waals surface area contributed by atoms with Gasteiger partial charge in [0.2, 0.25) is 0 Å². The van der Waals surface area contributed by atoms with Crippen molar-refractivity contribution in [1.29, 1.82) is 0 Å². The summed E-state index contributed by atoms with van der Waals surface area (Å²) < 4.78 is 5.79. The van der Waals surface area contributed by atoms with E-state index in [-0.39, 0.29) is 0 Å². The third-order valence-electron chi connectivity index (χ3n) is 6.52. The minimum absolute atomic E-state index is 0.622. The van der Waals surface area contributed by atoms with Crippen molar-refractivity contribution in [3.8, 4) is 39.4 Å². The fourth-order valence-corrected chi connectivity index (χ4v) is 4.80. The van der Waals surface area contributed by atoms with Gasteiger partial charge in [0.15, 0.2) is 6.29 Å². The van der Waals surface area contributed by atoms with Crippen LogP contribution < -0.4 is 4.74 Å². The average Bonchev–Trinajstić information content (AvgIpc) is 2.92. The Labute approximate surface area is 198 Å². The Morgan fingerprint density at radius 1 is 0.676 bits per heavy atom. The number of hydrogen-bond donors (Lipinski definition) is 0. The van der Waals surface area contributed by atoms with Crippen molar-refractivity contribution < 1.29 is 9.53 Å². The summed E-state index contributed by atoms with van der Waals surface area (Å²) in [4.78, 5) is 17.4. The lowest BCUT2D eigenvalue weighted by atomic mass is 9.94. The van der Waals surface area contributed by atoms with Crippen LogP contribution in [0, 0.1) is 0 Å². The van der Waals surface area contributed by atoms with Gasteiger partial charge in [0.25, 0.3) is 0 Å². The smallest absolute Gasteiger partial charge is 0.152 e. The zero-order valence-electron chi connectivity index (χ0n) is 18.7. The molecule has 4 aromatic carbocycles. The van der Waals surface area contributed by atoms with Gasteiger partial charge >= 0.3 is 0 Å². The molecule has 3 nitrogen and oxygen atoms in total. The van der Waals surface area contributed by atoms with Crippen molar-refractivity contribution in [3.63, 3.8) is 0 Å². The van der Waals surface area contributed by atoms with Gasteiger partial charge < -0.3 is 4.74 Å². The average molecular weight is 442 g/mol. The third kappa shape index (κ3) is 3.56. The molecule has 1 aromatic heterocycles. The van der Waals surface area contributed by atoms with Crippen molar-refractivity contribution in [3.05, 3.63) is 108 Å². The first-order valence-electron chi connectivity index (χ1n) is 11.6. The van der Waals surface area contributed by atoms with Crippen LogP contribution in [0.25, 0.3) is 44.4 Å². The molecule has 1 aliphatic rings. The summed E-state index contributed by atoms with van der Waals surface area (Å²) in [5, 5.41) is 1.89. The Kier molecular flexibility index (Phi) is 5.15. The maximum Gasteiger partial charge on any atom is 0.152 e. The molecule has 0 saturated heterocycles. The molecule has 0 fully saturated rings. The second kappa shape index (κ2) is 8.60. The zero-order valence-corrected chi connectivity index (χ0v) is 18.7. The van der Waals surface area contributed by atoms with Crippen LogP contribution in [0.2, 0.25) is 0 Å². The Balaban J connectivity index is 1.53. The predicted molar refractivity (Wildman–Crippen MR) is 137 cm³/mol. The molecule has 34 heavy (non-hydrogen) atoms. The first-order chi connectivity index (χ1) is 16.8. The Bertz CT molecular complexity index is 1500. The summed E-state index contributed by atoms with van der Waals surface area (Å²) in [5.74, 6) is 0.931. The number of aldehydes is 1. The number of ether oxygens (including phenoxy) is 1. The van der Waals surface area contributed by atoms with E-state index in [4.69, 9.17) is 9.72 Å². The lowest BCUT2D eigenvalue weighted by Gasteiger charge is -2.19. The fraction of sp³-hybridized carbons (Fsp3) is 0.0968. The Morgan fingerprint density at radius 2 is 1.35 bits per heavy atom. The van der Waals surface area contributed by atoms with Crippen LogP contribution in [0.5, 0.6) is 5.75 Å². The summed E-state index contributed by atoms with van der Waals surface area (Å²) >= 11 is 0. The number of nitrogens with zero attached hydrogens (tertiary/aromatic N) is 1. The van der Waals surface area contributed by atoms with Gasteiger partial charge in [-0.1, -0.05) is 78.9 Å². The van der Waals surface area contributed by atoms with E-state index in [1.807, 2.05) is 54.6 Å². The second-order valence-corrected chi connectivity index (χ2v) is 8.60. The third-order valence-corrected chi connectivity index (χ3v) is 6.52. The van der Waals surface area contributed by atoms with Crippen LogP contribution in [-0.4, -0.2) is 17.9 Å². The molecule has 0 spiro atoms. The van der Waals surface area contributed by atoms with Gasteiger partial charge in [0, 0.05) is 22.1 Å². The molecule has 164 valence electrons. The van der Waals surface area contributed by atoms with E-state index in [9.17, 15) is 4.79 Å². The van der Waals surface area contributed by atoms with Gasteiger partial charge in [-0.15, -0.1) is 0 Å². The van der Waals surface area contributed by atoms with E-state index >= 15 is 0 Å². The quantitative estimate of drug-likeness (QED) is 0.273. The summed E-state index contributed by atoms with van der Waals surface area (Å²) in [6.07, 6.45) is 2.91. The monoisotopic (exact) mass is 441 g/mol. The predicted octanol–water partition coefficient (Wildman–Crippen LogP) is 7.37. The highest BCUT2D eigenvalue weighted by Crippen LogP contribution is 2.37. The molecule has 3 heteroatoms. The number of fused-ring (bicyclic) bond motifs is 2. The summed E-state index contributed by atoms with van der Waals surface area (Å²) in [5.41, 5.74) is 7.69. The maximum absolute atomic E-state index is 12.3. The Morgan fingerprint density at radius 3 is 2.15 bits per heavy atom. The topological polar surface area (TPSA) is 39.2 Å². The van der Waals surface area contributed by atoms with Crippen LogP contribution in [-0.2, 0) is 6.42 Å². The number of aromatic nitrogens is 1. The van der Waals surface area contributed by atoms with E-state index in [0.29, 0.717) is 11.3 Å². The van der Waals surface area contributed by atoms with Crippen LogP contribution in [0.3, 0.4) is 0 Å². The number of carbonyl (C=O) groups is 1. The summed E-state index contributed by atoms with van der Waals surface area (Å²) in [7, 11) is 0. The number of hydrogen-bond acceptors (Lipinski definition) is 3. The van der Waals surface area contributed by atoms with E-state index in [2.05, 4.69) is 42.5 Å². The van der Waals surface area contributed by atoms with Crippen LogP contribution in [0.15, 0.2) is 97.1 Å². The minimum Gasteiger partial charge on any atom is -0.493 e. The highest BCUT2D eigenvalue weighted by molar-refractivity contribution is 6.08. The molecule has 0 amide bonds. The molecule has 0 bridgehead atoms. The number of rotatable bonds is 4. The van der Waals surface area contributed by atoms with Gasteiger partial charge in [-0.05, 0) is 53.1 Å². The molecule has 0 saturated carbocycles. The van der Waals surface area contributed by atoms with Gasteiger partial charge in [-0.2, -0.15) is 0 Å². The first kappa shape index (κ1) is 20.4. The number of aryl methyl sites for hydroxylation is 1. The van der Waals surface area contributed by atoms with E-state index in [0.717, 1.165) is 64.6 Å². The van der Waals surface area contributed by atoms with E-state index in [1.54, 1.807) is 0 Å². The summed E-state index contributed by atoms with van der Waals surface area (Å²) in [6, 6.07) is 33.0. The number of carbonyl (C=O) groups excluding carboxylic acids is 1. The first-order valence-corrected chi connectivity index (χ1v) is 11.6. The molecule has 5 aromatic rings. The minimum atomic E-state index is 0.622. The van der Waals surface area contributed by atoms with Gasteiger partial charge in [0.1, 0.15) is 5.75 Å². The second-order valence-electron chi connectivity index (χ2n) is 8.60. The largest absolute Gasteiger partial charge is 0.493 e. The van der Waals surface area contributed by atoms with E-state index in [1.165, 1.54) is 11.1 Å². The van der Waals surface area contributed by atoms with E-state index < -0.39 is 0 Å². The van der Waals surface area contributed by atoms with Crippen molar-refractivity contribution in [1.82, 2.24) is 4.98 Å². The van der Waals surface area contributed by atoms with Crippen molar-refractivity contribution in [2.75, 3.05) is 6.61 Å². The molecule has 0 unspecified atom stereocenters. The van der Waals surface area contributed by atoms with Crippen molar-refractivity contribution in [2.45, 2.75) is 12.8 Å². The number of pyridine rings is 1. The van der Waals surface area contributed by atoms with Crippen LogP contribution >= 0.6 is 0 Å². The fourth-order valence-electron chi connectivity index (χ4n) is 4.80. The van der Waals surface area contributed by atoms with Crippen molar-refractivity contribution in [2.24, 2.45) is 0 Å². The van der Waals surface area contributed by atoms with Gasteiger partial charge in [-0.25, -0.2) is 4.98 Å². The molecule has 0 radical (unpaired) electrons. The lowest BCUT2D eigenvalue weighted by Crippen LogP contribution is -2.08. The summed E-state index contributed by atoms with van der Waals surface area (Å²) in [6.45, 7) is 0.753. The van der Waals surface area contributed by atoms with Crippen LogP contribution in [0.1, 0.15) is 22.3 Å². The molecule has 0 N–H and O–H groups in total. The molecule has 0 atom stereocenters. The lowest BCUT2D eigenvalue weighted by molar-refractivity contribution is 0.112. The highest BCUT2D eigenvalue weighted by atomic mass is 16.5. The van der Waals surface area contributed by atoms with Gasteiger partial charge in [-0.3, -0.25) is 4.79 Å². The molecule has 0 aliphatic carbocycles. The van der Waals surface area contributed by atoms with Crippen molar-refractivity contribution >= 4 is 17.1 Å². The van der Waals surface area contributed by atoms with Crippen LogP contribution in [0.4, 0.5) is 0 Å². The highest BCUT2D eigenvalue weighted by Gasteiger charge is 2.18. The van der Waals surface area contributed by atoms with Gasteiger partial charge in [0.05, 0.1) is 18.0 Å². The number of benzene rings is 4. The standard InChI is InChI=1S/C31H23NO2/c33-20-28-26-10-4-5-11-27(26)30(23-14-12-22(13-15-23)21-7-2-1-3-8-21)32-31(28)25-16-17-29-24(19-25)9-6-18-34-29/h1-5,7-8,10-17,19-20H,6,9,18H2.